The Morgan fingerprint density at radius 2 is 1.72 bits per heavy atom. The maximum Gasteiger partial charge on any atom is 0.471 e. The number of carboxylic acid groups (broad SMARTS) is 1. The zero-order valence-corrected chi connectivity index (χ0v) is 9.35. The number of carboxylic acids is 1. The molecule has 3 aliphatic rings. The van der Waals surface area contributed by atoms with Gasteiger partial charge in [-0.15, -0.1) is 0 Å². The van der Waals surface area contributed by atoms with Crippen molar-refractivity contribution in [2.45, 2.75) is 25.1 Å². The SMILES string of the molecule is O=C(O)C1C2C3CCC3C2CN1C(=O)C(F)(F)F. The molecule has 7 heteroatoms. The first-order valence-corrected chi connectivity index (χ1v) is 5.93. The molecule has 1 aliphatic heterocycles. The van der Waals surface area contributed by atoms with Gasteiger partial charge in [-0.1, -0.05) is 0 Å². The van der Waals surface area contributed by atoms with Crippen molar-refractivity contribution >= 4 is 11.9 Å². The Bertz CT molecular complexity index is 422. The lowest BCUT2D eigenvalue weighted by molar-refractivity contribution is -0.188. The summed E-state index contributed by atoms with van der Waals surface area (Å²) < 4.78 is 37.3. The Kier molecular flexibility index (Phi) is 2.22. The summed E-state index contributed by atoms with van der Waals surface area (Å²) in [6.45, 7) is -0.0544. The molecule has 0 aromatic heterocycles. The number of likely N-dealkylation sites (tertiary alicyclic amines) is 1. The van der Waals surface area contributed by atoms with Crippen molar-refractivity contribution in [3.8, 4) is 0 Å². The van der Waals surface area contributed by atoms with Crippen LogP contribution in [0.5, 0.6) is 0 Å². The van der Waals surface area contributed by atoms with E-state index in [0.29, 0.717) is 10.8 Å². The Morgan fingerprint density at radius 3 is 2.17 bits per heavy atom. The standard InChI is InChI=1S/C11H12F3NO3/c12-11(13,14)10(18)15-3-6-4-1-2-5(4)7(6)8(15)9(16)17/h4-8H,1-3H2,(H,16,17). The molecule has 100 valence electrons. The van der Waals surface area contributed by atoms with Crippen LogP contribution in [0.3, 0.4) is 0 Å². The normalized spacial score (nSPS) is 41.5. The van der Waals surface area contributed by atoms with Crippen molar-refractivity contribution in [3.05, 3.63) is 0 Å². The maximum absolute atomic E-state index is 12.4. The lowest BCUT2D eigenvalue weighted by Crippen LogP contribution is -2.56. The fourth-order valence-corrected chi connectivity index (χ4v) is 3.96. The van der Waals surface area contributed by atoms with Crippen LogP contribution in [-0.2, 0) is 9.59 Å². The van der Waals surface area contributed by atoms with E-state index < -0.39 is 24.1 Å². The number of carbonyl (C=O) groups excluding carboxylic acids is 1. The molecule has 4 nitrogen and oxygen atoms in total. The Morgan fingerprint density at radius 1 is 1.11 bits per heavy atom. The molecule has 0 spiro atoms. The molecule has 0 bridgehead atoms. The second kappa shape index (κ2) is 3.39. The number of carbonyl (C=O) groups is 2. The van der Waals surface area contributed by atoms with Crippen LogP contribution in [0.25, 0.3) is 0 Å². The van der Waals surface area contributed by atoms with Gasteiger partial charge in [0.25, 0.3) is 0 Å². The van der Waals surface area contributed by atoms with Gasteiger partial charge in [0.1, 0.15) is 6.04 Å². The number of alkyl halides is 3. The van der Waals surface area contributed by atoms with Crippen LogP contribution in [0.4, 0.5) is 13.2 Å². The van der Waals surface area contributed by atoms with Crippen molar-refractivity contribution < 1.29 is 27.9 Å². The van der Waals surface area contributed by atoms with E-state index in [4.69, 9.17) is 5.11 Å². The van der Waals surface area contributed by atoms with Gasteiger partial charge in [0.15, 0.2) is 0 Å². The number of hydrogen-bond acceptors (Lipinski definition) is 2. The van der Waals surface area contributed by atoms with E-state index in [1.165, 1.54) is 0 Å². The van der Waals surface area contributed by atoms with E-state index in [0.717, 1.165) is 12.8 Å². The van der Waals surface area contributed by atoms with E-state index in [9.17, 15) is 22.8 Å². The quantitative estimate of drug-likeness (QED) is 0.771. The van der Waals surface area contributed by atoms with E-state index in [-0.39, 0.29) is 24.3 Å². The number of halogens is 3. The topological polar surface area (TPSA) is 57.6 Å². The summed E-state index contributed by atoms with van der Waals surface area (Å²) in [5.41, 5.74) is 0. The molecule has 1 amide bonds. The third-order valence-corrected chi connectivity index (χ3v) is 4.79. The summed E-state index contributed by atoms with van der Waals surface area (Å²) in [6, 6.07) is -1.29. The first-order valence-electron chi connectivity index (χ1n) is 5.93. The fraction of sp³-hybridized carbons (Fsp3) is 0.818. The van der Waals surface area contributed by atoms with Crippen molar-refractivity contribution in [1.82, 2.24) is 4.90 Å². The molecular formula is C11H12F3NO3. The Labute approximate surface area is 101 Å². The number of nitrogens with zero attached hydrogens (tertiary/aromatic N) is 1. The smallest absolute Gasteiger partial charge is 0.471 e. The molecular weight excluding hydrogens is 251 g/mol. The minimum absolute atomic E-state index is 0.0452. The Hall–Kier alpha value is -1.27. The number of hydrogen-bond donors (Lipinski definition) is 1. The molecule has 2 aliphatic carbocycles. The highest BCUT2D eigenvalue weighted by molar-refractivity contribution is 5.88. The lowest BCUT2D eigenvalue weighted by atomic mass is 9.47. The lowest BCUT2D eigenvalue weighted by Gasteiger charge is -2.57. The molecule has 0 radical (unpaired) electrons. The zero-order chi connectivity index (χ0) is 13.2. The number of rotatable bonds is 1. The number of aliphatic carboxylic acids is 1. The molecule has 1 N–H and O–H groups in total. The maximum atomic E-state index is 12.4. The largest absolute Gasteiger partial charge is 0.480 e. The monoisotopic (exact) mass is 263 g/mol. The summed E-state index contributed by atoms with van der Waals surface area (Å²) in [7, 11) is 0. The zero-order valence-electron chi connectivity index (χ0n) is 9.35. The molecule has 0 aromatic carbocycles. The van der Waals surface area contributed by atoms with Gasteiger partial charge < -0.3 is 10.0 Å². The van der Waals surface area contributed by atoms with Crippen LogP contribution in [0.15, 0.2) is 0 Å². The van der Waals surface area contributed by atoms with Crippen molar-refractivity contribution in [2.24, 2.45) is 23.7 Å². The molecule has 2 saturated carbocycles. The molecule has 0 aromatic rings. The summed E-state index contributed by atoms with van der Waals surface area (Å²) in [6.07, 6.45) is -3.16. The van der Waals surface area contributed by atoms with Gasteiger partial charge in [-0.05, 0) is 36.5 Å². The van der Waals surface area contributed by atoms with Crippen LogP contribution in [-0.4, -0.2) is 40.6 Å². The van der Waals surface area contributed by atoms with Crippen LogP contribution in [0.1, 0.15) is 12.8 Å². The predicted molar refractivity (Wildman–Crippen MR) is 52.4 cm³/mol. The van der Waals surface area contributed by atoms with Crippen LogP contribution < -0.4 is 0 Å². The Balaban J connectivity index is 1.86. The average molecular weight is 263 g/mol. The first kappa shape index (κ1) is 11.8. The predicted octanol–water partition coefficient (Wildman–Crippen LogP) is 1.12. The van der Waals surface area contributed by atoms with Gasteiger partial charge in [0.2, 0.25) is 0 Å². The molecule has 3 fully saturated rings. The summed E-state index contributed by atoms with van der Waals surface area (Å²) in [5.74, 6) is -3.09. The average Bonchev–Trinajstić information content (AvgIpc) is 2.51. The summed E-state index contributed by atoms with van der Waals surface area (Å²) in [4.78, 5) is 22.9. The number of amides is 1. The van der Waals surface area contributed by atoms with Gasteiger partial charge >= 0.3 is 18.1 Å². The van der Waals surface area contributed by atoms with Gasteiger partial charge in [0.05, 0.1) is 0 Å². The molecule has 18 heavy (non-hydrogen) atoms. The highest BCUT2D eigenvalue weighted by Gasteiger charge is 2.66. The first-order chi connectivity index (χ1) is 8.32. The van der Waals surface area contributed by atoms with E-state index >= 15 is 0 Å². The third kappa shape index (κ3) is 1.33. The molecule has 1 heterocycles. The molecule has 1 saturated heterocycles. The van der Waals surface area contributed by atoms with Gasteiger partial charge in [-0.2, -0.15) is 13.2 Å². The third-order valence-electron chi connectivity index (χ3n) is 4.79. The minimum atomic E-state index is -4.99. The van der Waals surface area contributed by atoms with Crippen molar-refractivity contribution in [2.75, 3.05) is 6.54 Å². The highest BCUT2D eigenvalue weighted by Crippen LogP contribution is 2.63. The van der Waals surface area contributed by atoms with Crippen LogP contribution >= 0.6 is 0 Å². The van der Waals surface area contributed by atoms with Crippen molar-refractivity contribution in [3.63, 3.8) is 0 Å². The van der Waals surface area contributed by atoms with Gasteiger partial charge in [-0.25, -0.2) is 4.79 Å². The number of fused-ring (bicyclic) bond motifs is 4. The summed E-state index contributed by atoms with van der Waals surface area (Å²) in [5, 5.41) is 9.09. The summed E-state index contributed by atoms with van der Waals surface area (Å²) >= 11 is 0. The van der Waals surface area contributed by atoms with E-state index in [2.05, 4.69) is 0 Å². The second-order valence-electron chi connectivity index (χ2n) is 5.38. The molecule has 5 atom stereocenters. The van der Waals surface area contributed by atoms with Gasteiger partial charge in [-0.3, -0.25) is 4.79 Å². The molecule has 3 rings (SSSR count). The molecule has 5 unspecified atom stereocenters. The fourth-order valence-electron chi connectivity index (χ4n) is 3.96. The minimum Gasteiger partial charge on any atom is -0.480 e. The van der Waals surface area contributed by atoms with Crippen molar-refractivity contribution in [1.29, 1.82) is 0 Å². The van der Waals surface area contributed by atoms with Gasteiger partial charge in [0, 0.05) is 6.54 Å². The van der Waals surface area contributed by atoms with Crippen LogP contribution in [0, 0.1) is 23.7 Å². The second-order valence-corrected chi connectivity index (χ2v) is 5.38. The van der Waals surface area contributed by atoms with E-state index in [1.807, 2.05) is 0 Å². The van der Waals surface area contributed by atoms with E-state index in [1.54, 1.807) is 0 Å². The highest BCUT2D eigenvalue weighted by atomic mass is 19.4. The van der Waals surface area contributed by atoms with Crippen LogP contribution in [0.2, 0.25) is 0 Å².